The largest absolute Gasteiger partial charge is 0.447 e. The normalized spacial score (nSPS) is 19.4. The van der Waals surface area contributed by atoms with Crippen LogP contribution in [0.4, 0.5) is 4.79 Å². The Kier molecular flexibility index (Phi) is 4.23. The Morgan fingerprint density at radius 1 is 1.35 bits per heavy atom. The van der Waals surface area contributed by atoms with Crippen molar-refractivity contribution < 1.29 is 14.3 Å². The average molecular weight is 273 g/mol. The molecule has 106 valence electrons. The van der Waals surface area contributed by atoms with Crippen LogP contribution in [0.15, 0.2) is 36.4 Å². The Labute approximate surface area is 119 Å². The van der Waals surface area contributed by atoms with Crippen LogP contribution >= 0.6 is 0 Å². The molecule has 0 unspecified atom stereocenters. The summed E-state index contributed by atoms with van der Waals surface area (Å²) in [4.78, 5) is 25.2. The smallest absolute Gasteiger partial charge is 0.417 e. The van der Waals surface area contributed by atoms with E-state index in [0.29, 0.717) is 0 Å². The van der Waals surface area contributed by atoms with Gasteiger partial charge in [-0.2, -0.15) is 0 Å². The summed E-state index contributed by atoms with van der Waals surface area (Å²) in [5, 5.41) is 0. The highest BCUT2D eigenvalue weighted by Gasteiger charge is 2.38. The molecule has 0 N–H and O–H groups in total. The van der Waals surface area contributed by atoms with Gasteiger partial charge in [-0.25, -0.2) is 9.69 Å². The average Bonchev–Trinajstić information content (AvgIpc) is 2.81. The lowest BCUT2D eigenvalue weighted by atomic mass is 10.0. The van der Waals surface area contributed by atoms with E-state index in [-0.39, 0.29) is 24.5 Å². The molecule has 0 spiro atoms. The van der Waals surface area contributed by atoms with E-state index in [1.807, 2.05) is 51.1 Å². The van der Waals surface area contributed by atoms with Crippen molar-refractivity contribution in [2.45, 2.75) is 26.8 Å². The van der Waals surface area contributed by atoms with Crippen LogP contribution in [0, 0.1) is 5.92 Å². The maximum Gasteiger partial charge on any atom is 0.417 e. The number of imide groups is 1. The molecule has 0 aliphatic carbocycles. The summed E-state index contributed by atoms with van der Waals surface area (Å²) in [6, 6.07) is 9.43. The minimum Gasteiger partial charge on any atom is -0.447 e. The summed E-state index contributed by atoms with van der Waals surface area (Å²) in [6.07, 6.45) is 0.947. The lowest BCUT2D eigenvalue weighted by Gasteiger charge is -2.21. The van der Waals surface area contributed by atoms with E-state index < -0.39 is 6.09 Å². The van der Waals surface area contributed by atoms with E-state index in [9.17, 15) is 9.59 Å². The molecule has 0 aromatic heterocycles. The van der Waals surface area contributed by atoms with Gasteiger partial charge in [-0.1, -0.05) is 44.2 Å². The molecule has 2 amide bonds. The Balaban J connectivity index is 2.20. The highest BCUT2D eigenvalue weighted by atomic mass is 16.6. The van der Waals surface area contributed by atoms with Gasteiger partial charge in [-0.05, 0) is 24.0 Å². The molecule has 1 aliphatic heterocycles. The van der Waals surface area contributed by atoms with Crippen LogP contribution < -0.4 is 0 Å². The second-order valence-electron chi connectivity index (χ2n) is 5.29. The zero-order valence-electron chi connectivity index (χ0n) is 12.0. The lowest BCUT2D eigenvalue weighted by Crippen LogP contribution is -2.41. The van der Waals surface area contributed by atoms with E-state index in [1.165, 1.54) is 11.0 Å². The van der Waals surface area contributed by atoms with Crippen LogP contribution in [0.1, 0.15) is 26.3 Å². The molecular weight excluding hydrogens is 254 g/mol. The summed E-state index contributed by atoms with van der Waals surface area (Å²) in [5.74, 6) is -0.136. The minimum absolute atomic E-state index is 0.177. The van der Waals surface area contributed by atoms with Gasteiger partial charge >= 0.3 is 6.09 Å². The van der Waals surface area contributed by atoms with Crippen molar-refractivity contribution in [1.29, 1.82) is 0 Å². The fourth-order valence-corrected chi connectivity index (χ4v) is 2.22. The first kappa shape index (κ1) is 14.3. The first-order valence-corrected chi connectivity index (χ1v) is 6.74. The van der Waals surface area contributed by atoms with Gasteiger partial charge in [0.2, 0.25) is 0 Å². The quantitative estimate of drug-likeness (QED) is 0.795. The molecule has 4 heteroatoms. The third-order valence-corrected chi connectivity index (χ3v) is 3.48. The number of hydrogen-bond donors (Lipinski definition) is 0. The zero-order valence-corrected chi connectivity index (χ0v) is 12.0. The summed E-state index contributed by atoms with van der Waals surface area (Å²) in [6.45, 7) is 6.08. The standard InChI is InChI=1S/C16H19NO3/c1-11(2)14-10-20-16(19)17(14)15(18)9-12(3)13-7-5-4-6-8-13/h4-9,11,14H,10H2,1-3H3/b12-9+/t14-/m1/s1. The number of carbonyl (C=O) groups excluding carboxylic acids is 2. The fourth-order valence-electron chi connectivity index (χ4n) is 2.22. The summed E-state index contributed by atoms with van der Waals surface area (Å²) < 4.78 is 4.98. The van der Waals surface area contributed by atoms with E-state index in [0.717, 1.165) is 11.1 Å². The number of rotatable bonds is 3. The Bertz CT molecular complexity index is 534. The predicted molar refractivity (Wildman–Crippen MR) is 76.9 cm³/mol. The van der Waals surface area contributed by atoms with E-state index in [1.54, 1.807) is 0 Å². The molecule has 2 rings (SSSR count). The van der Waals surface area contributed by atoms with E-state index in [2.05, 4.69) is 0 Å². The third-order valence-electron chi connectivity index (χ3n) is 3.48. The van der Waals surface area contributed by atoms with Gasteiger partial charge in [0.15, 0.2) is 0 Å². The number of amides is 2. The molecule has 1 saturated heterocycles. The number of ether oxygens (including phenoxy) is 1. The van der Waals surface area contributed by atoms with Crippen molar-refractivity contribution in [2.24, 2.45) is 5.92 Å². The third kappa shape index (κ3) is 2.90. The van der Waals surface area contributed by atoms with Crippen LogP contribution in [-0.4, -0.2) is 29.5 Å². The molecule has 1 heterocycles. The van der Waals surface area contributed by atoms with Crippen molar-refractivity contribution in [1.82, 2.24) is 4.90 Å². The molecule has 1 atom stereocenters. The van der Waals surface area contributed by atoms with Crippen molar-refractivity contribution in [3.8, 4) is 0 Å². The Morgan fingerprint density at radius 3 is 2.60 bits per heavy atom. The van der Waals surface area contributed by atoms with Gasteiger partial charge in [0.25, 0.3) is 5.91 Å². The van der Waals surface area contributed by atoms with Gasteiger partial charge in [0, 0.05) is 6.08 Å². The molecule has 20 heavy (non-hydrogen) atoms. The van der Waals surface area contributed by atoms with Crippen molar-refractivity contribution in [3.63, 3.8) is 0 Å². The van der Waals surface area contributed by atoms with E-state index in [4.69, 9.17) is 4.74 Å². The first-order chi connectivity index (χ1) is 9.50. The summed E-state index contributed by atoms with van der Waals surface area (Å²) in [5.41, 5.74) is 1.80. The first-order valence-electron chi connectivity index (χ1n) is 6.74. The minimum atomic E-state index is -0.550. The molecule has 1 aliphatic rings. The maximum atomic E-state index is 12.3. The van der Waals surface area contributed by atoms with Gasteiger partial charge < -0.3 is 4.74 Å². The van der Waals surface area contributed by atoms with Crippen molar-refractivity contribution in [3.05, 3.63) is 42.0 Å². The van der Waals surface area contributed by atoms with Gasteiger partial charge in [0.1, 0.15) is 6.61 Å². The molecule has 0 bridgehead atoms. The van der Waals surface area contributed by atoms with Crippen LogP contribution in [0.5, 0.6) is 0 Å². The lowest BCUT2D eigenvalue weighted by molar-refractivity contribution is -0.124. The second-order valence-corrected chi connectivity index (χ2v) is 5.29. The topological polar surface area (TPSA) is 46.6 Å². The second kappa shape index (κ2) is 5.90. The molecule has 1 aromatic carbocycles. The predicted octanol–water partition coefficient (Wildman–Crippen LogP) is 3.09. The van der Waals surface area contributed by atoms with Crippen LogP contribution in [0.2, 0.25) is 0 Å². The molecule has 4 nitrogen and oxygen atoms in total. The summed E-state index contributed by atoms with van der Waals surface area (Å²) in [7, 11) is 0. The van der Waals surface area contributed by atoms with Gasteiger partial charge in [-0.3, -0.25) is 4.79 Å². The highest BCUT2D eigenvalue weighted by molar-refractivity contribution is 6.03. The van der Waals surface area contributed by atoms with Crippen LogP contribution in [0.3, 0.4) is 0 Å². The maximum absolute atomic E-state index is 12.3. The Morgan fingerprint density at radius 2 is 2.00 bits per heavy atom. The van der Waals surface area contributed by atoms with Crippen LogP contribution in [-0.2, 0) is 9.53 Å². The molecule has 0 radical (unpaired) electrons. The molecular formula is C16H19NO3. The number of allylic oxidation sites excluding steroid dienone is 1. The fraction of sp³-hybridized carbons (Fsp3) is 0.375. The van der Waals surface area contributed by atoms with Crippen molar-refractivity contribution >= 4 is 17.6 Å². The Hall–Kier alpha value is -2.10. The number of benzene rings is 1. The number of carbonyl (C=O) groups is 2. The molecule has 0 saturated carbocycles. The number of nitrogens with zero attached hydrogens (tertiary/aromatic N) is 1. The van der Waals surface area contributed by atoms with E-state index >= 15 is 0 Å². The van der Waals surface area contributed by atoms with Gasteiger partial charge in [0.05, 0.1) is 6.04 Å². The SMILES string of the molecule is C/C(=C\C(=O)N1C(=O)OC[C@@H]1C(C)C)c1ccccc1. The summed E-state index contributed by atoms with van der Waals surface area (Å²) >= 11 is 0. The van der Waals surface area contributed by atoms with Crippen molar-refractivity contribution in [2.75, 3.05) is 6.61 Å². The number of hydrogen-bond acceptors (Lipinski definition) is 3. The monoisotopic (exact) mass is 273 g/mol. The zero-order chi connectivity index (χ0) is 14.7. The highest BCUT2D eigenvalue weighted by Crippen LogP contribution is 2.21. The van der Waals surface area contributed by atoms with Gasteiger partial charge in [-0.15, -0.1) is 0 Å². The molecule has 1 fully saturated rings. The number of cyclic esters (lactones) is 1. The molecule has 1 aromatic rings. The van der Waals surface area contributed by atoms with Crippen LogP contribution in [0.25, 0.3) is 5.57 Å².